The van der Waals surface area contributed by atoms with Crippen LogP contribution in [0.25, 0.3) is 0 Å². The van der Waals surface area contributed by atoms with Gasteiger partial charge in [0, 0.05) is 58.5 Å². The number of nitrogens with one attached hydrogen (secondary N) is 1. The topological polar surface area (TPSA) is 211 Å². The molecular formula is C41H52Cl7N3O12S3. The van der Waals surface area contributed by atoms with Gasteiger partial charge in [-0.3, -0.25) is 14.4 Å². The lowest BCUT2D eigenvalue weighted by atomic mass is 10.0. The highest BCUT2D eigenvalue weighted by Gasteiger charge is 2.36. The van der Waals surface area contributed by atoms with E-state index in [9.17, 15) is 39.6 Å². The first-order valence-electron chi connectivity index (χ1n) is 20.0. The van der Waals surface area contributed by atoms with Gasteiger partial charge < -0.3 is 19.9 Å². The van der Waals surface area contributed by atoms with E-state index in [2.05, 4.69) is 5.32 Å². The monoisotopic (exact) mass is 1120 g/mol. The number of carboxylic acids is 1. The summed E-state index contributed by atoms with van der Waals surface area (Å²) >= 11 is 34.6. The lowest BCUT2D eigenvalue weighted by Crippen LogP contribution is -2.42. The first kappa shape index (κ1) is 60.0. The number of sulfonamides is 2. The number of esters is 2. The van der Waals surface area contributed by atoms with Crippen LogP contribution < -0.4 is 5.32 Å². The molecule has 3 fully saturated rings. The van der Waals surface area contributed by atoms with Crippen LogP contribution >= 0.6 is 80.3 Å². The van der Waals surface area contributed by atoms with Crippen molar-refractivity contribution in [3.8, 4) is 0 Å². The van der Waals surface area contributed by atoms with Crippen LogP contribution in [0.15, 0.2) is 69.3 Å². The SMILES string of the molecule is C.CCOC(=O)[C@H]1CCCN(S(=O)(=O)c2ccc(Cl)cc2Cl)C1.CCOC(=O)[C@H]1CCCNC1.O=C(O)[C@H]1CCCN(S(=O)(=O)c2ccc(Cl)cc2Cl)C1.O=S(=O)(Cl)c1ccc(Cl)cc1Cl. The fourth-order valence-corrected chi connectivity index (χ4v) is 12.9. The number of nitrogens with zero attached hydrogens (tertiary/aromatic N) is 2. The Morgan fingerprint density at radius 1 is 0.621 bits per heavy atom. The number of carbonyl (C=O) groups is 3. The first-order chi connectivity index (χ1) is 30.4. The molecule has 25 heteroatoms. The summed E-state index contributed by atoms with van der Waals surface area (Å²) < 4.78 is 84.3. The molecular weight excluding hydrogens is 1070 g/mol. The van der Waals surface area contributed by atoms with Gasteiger partial charge in [-0.25, -0.2) is 25.3 Å². The van der Waals surface area contributed by atoms with Crippen molar-refractivity contribution >= 4 is 127 Å². The average Bonchev–Trinajstić information content (AvgIpc) is 3.24. The van der Waals surface area contributed by atoms with E-state index in [1.54, 1.807) is 6.92 Å². The third-order valence-corrected chi connectivity index (χ3v) is 17.0. The van der Waals surface area contributed by atoms with Gasteiger partial charge in [0.25, 0.3) is 9.05 Å². The number of hydrogen-bond donors (Lipinski definition) is 2. The van der Waals surface area contributed by atoms with Gasteiger partial charge in [0.05, 0.1) is 46.0 Å². The summed E-state index contributed by atoms with van der Waals surface area (Å²) in [5.74, 6) is -2.39. The zero-order valence-corrected chi connectivity index (χ0v) is 42.8. The standard InChI is InChI=1S/C14H17Cl2NO4S.C12H13Cl2NO4S.C8H15NO2.C6H3Cl3O2S.CH4/c1-2-21-14(18)10-4-3-7-17(9-10)22(19,20)13-6-5-11(15)8-12(13)16;13-9-3-4-11(10(14)6-9)20(18,19)15-5-1-2-8(7-15)12(16)17;1-2-11-8(10)7-4-3-5-9-6-7;7-4-1-2-6(5(8)3-4)12(9,10)11;/h5-6,8,10H,2-4,7,9H2,1H3;3-4,6,8H,1-2,5,7H2,(H,16,17);7,9H,2-6H2,1H3;1-3H;1H4/t10-;8-;7-;;/m000../s1. The van der Waals surface area contributed by atoms with Gasteiger partial charge in [0.2, 0.25) is 20.0 Å². The molecule has 0 aliphatic carbocycles. The van der Waals surface area contributed by atoms with Crippen molar-refractivity contribution in [3.05, 3.63) is 84.7 Å². The number of carboxylic acid groups (broad SMARTS) is 1. The fourth-order valence-electron chi connectivity index (χ4n) is 6.61. The molecule has 3 atom stereocenters. The molecule has 370 valence electrons. The summed E-state index contributed by atoms with van der Waals surface area (Å²) in [6.07, 6.45) is 4.29. The van der Waals surface area contributed by atoms with E-state index in [1.807, 2.05) is 6.92 Å². The number of halogens is 7. The minimum absolute atomic E-state index is 0. The van der Waals surface area contributed by atoms with Crippen LogP contribution in [0.3, 0.4) is 0 Å². The summed E-state index contributed by atoms with van der Waals surface area (Å²) in [6, 6.07) is 12.4. The third-order valence-electron chi connectivity index (χ3n) is 9.83. The Kier molecular flexibility index (Phi) is 25.3. The van der Waals surface area contributed by atoms with E-state index in [0.717, 1.165) is 25.9 Å². The van der Waals surface area contributed by atoms with Gasteiger partial charge >= 0.3 is 17.9 Å². The summed E-state index contributed by atoms with van der Waals surface area (Å²) in [4.78, 5) is 33.8. The largest absolute Gasteiger partial charge is 0.481 e. The lowest BCUT2D eigenvalue weighted by molar-refractivity contribution is -0.149. The Labute approximate surface area is 421 Å². The molecule has 0 bridgehead atoms. The molecule has 0 radical (unpaired) electrons. The van der Waals surface area contributed by atoms with Gasteiger partial charge in [0.15, 0.2) is 0 Å². The number of hydrogen-bond acceptors (Lipinski definition) is 12. The molecule has 6 rings (SSSR count). The highest BCUT2D eigenvalue weighted by Crippen LogP contribution is 2.32. The molecule has 0 unspecified atom stereocenters. The number of aliphatic carboxylic acids is 1. The average molecular weight is 1120 g/mol. The molecule has 0 saturated carbocycles. The van der Waals surface area contributed by atoms with E-state index >= 15 is 0 Å². The highest BCUT2D eigenvalue weighted by molar-refractivity contribution is 8.13. The molecule has 2 N–H and O–H groups in total. The maximum atomic E-state index is 12.7. The maximum absolute atomic E-state index is 12.7. The van der Waals surface area contributed by atoms with E-state index in [-0.39, 0.29) is 74.7 Å². The van der Waals surface area contributed by atoms with Gasteiger partial charge in [-0.2, -0.15) is 8.61 Å². The van der Waals surface area contributed by atoms with Crippen LogP contribution in [-0.4, -0.2) is 109 Å². The molecule has 3 aliphatic heterocycles. The molecule has 0 amide bonds. The quantitative estimate of drug-likeness (QED) is 0.143. The highest BCUT2D eigenvalue weighted by atomic mass is 35.7. The van der Waals surface area contributed by atoms with Crippen LogP contribution in [0.2, 0.25) is 30.1 Å². The Morgan fingerprint density at radius 2 is 1.00 bits per heavy atom. The third kappa shape index (κ3) is 18.0. The second-order valence-corrected chi connectivity index (χ2v) is 23.3. The molecule has 0 spiro atoms. The van der Waals surface area contributed by atoms with Crippen molar-refractivity contribution in [2.24, 2.45) is 17.8 Å². The van der Waals surface area contributed by atoms with Crippen molar-refractivity contribution in [3.63, 3.8) is 0 Å². The van der Waals surface area contributed by atoms with Crippen molar-refractivity contribution in [1.82, 2.24) is 13.9 Å². The van der Waals surface area contributed by atoms with Gasteiger partial charge in [0.1, 0.15) is 14.7 Å². The Balaban J connectivity index is 0.000000313. The summed E-state index contributed by atoms with van der Waals surface area (Å²) in [7, 11) is -6.26. The predicted molar refractivity (Wildman–Crippen MR) is 259 cm³/mol. The van der Waals surface area contributed by atoms with Crippen LogP contribution in [0.1, 0.15) is 59.8 Å². The summed E-state index contributed by atoms with van der Waals surface area (Å²) in [6.45, 7) is 6.91. The van der Waals surface area contributed by atoms with Crippen molar-refractivity contribution < 1.29 is 54.2 Å². The number of rotatable bonds is 10. The van der Waals surface area contributed by atoms with Crippen molar-refractivity contribution in [1.29, 1.82) is 0 Å². The number of ether oxygens (including phenoxy) is 2. The predicted octanol–water partition coefficient (Wildman–Crippen LogP) is 9.54. The second-order valence-electron chi connectivity index (χ2n) is 14.5. The number of carbonyl (C=O) groups excluding carboxylic acids is 2. The Hall–Kier alpha value is -2.17. The second kappa shape index (κ2) is 27.9. The smallest absolute Gasteiger partial charge is 0.310 e. The minimum Gasteiger partial charge on any atom is -0.481 e. The number of benzene rings is 3. The molecule has 3 aromatic carbocycles. The zero-order valence-electron chi connectivity index (χ0n) is 35.0. The van der Waals surface area contributed by atoms with Crippen molar-refractivity contribution in [2.75, 3.05) is 52.5 Å². The summed E-state index contributed by atoms with van der Waals surface area (Å²) in [5.41, 5.74) is 0. The van der Waals surface area contributed by atoms with Crippen LogP contribution in [0.5, 0.6) is 0 Å². The van der Waals surface area contributed by atoms with E-state index < -0.39 is 46.9 Å². The summed E-state index contributed by atoms with van der Waals surface area (Å²) in [5, 5.41) is 13.4. The van der Waals surface area contributed by atoms with Crippen LogP contribution in [-0.2, 0) is 53.0 Å². The first-order valence-corrected chi connectivity index (χ1v) is 27.5. The van der Waals surface area contributed by atoms with Gasteiger partial charge in [-0.1, -0.05) is 77.0 Å². The Morgan fingerprint density at radius 3 is 1.36 bits per heavy atom. The van der Waals surface area contributed by atoms with Gasteiger partial charge in [-0.05, 0) is 114 Å². The molecule has 3 heterocycles. The molecule has 3 aromatic rings. The lowest BCUT2D eigenvalue weighted by Gasteiger charge is -2.30. The molecule has 15 nitrogen and oxygen atoms in total. The van der Waals surface area contributed by atoms with E-state index in [1.165, 1.54) is 63.2 Å². The minimum atomic E-state index is -3.80. The molecule has 0 aromatic heterocycles. The fraction of sp³-hybridized carbons (Fsp3) is 0.488. The van der Waals surface area contributed by atoms with E-state index in [4.69, 9.17) is 94.9 Å². The van der Waals surface area contributed by atoms with Crippen molar-refractivity contribution in [2.45, 2.75) is 74.5 Å². The molecule has 3 saturated heterocycles. The van der Waals surface area contributed by atoms with Crippen LogP contribution in [0, 0.1) is 17.8 Å². The Bertz CT molecular complexity index is 2460. The zero-order chi connectivity index (χ0) is 48.7. The molecule has 66 heavy (non-hydrogen) atoms. The van der Waals surface area contributed by atoms with Crippen LogP contribution in [0.4, 0.5) is 0 Å². The molecule has 3 aliphatic rings. The number of piperidine rings is 3. The van der Waals surface area contributed by atoms with Gasteiger partial charge in [-0.15, -0.1) is 0 Å². The normalized spacial score (nSPS) is 19.1. The van der Waals surface area contributed by atoms with E-state index in [0.29, 0.717) is 60.4 Å². The maximum Gasteiger partial charge on any atom is 0.310 e.